The first kappa shape index (κ1) is 16.3. The summed E-state index contributed by atoms with van der Waals surface area (Å²) in [5.41, 5.74) is 0.00473. The molecule has 0 atom stereocenters. The minimum absolute atomic E-state index is 0.244. The Kier molecular flexibility index (Phi) is 5.03. The molecule has 0 saturated heterocycles. The van der Waals surface area contributed by atoms with E-state index in [0.717, 1.165) is 16.6 Å². The molecular weight excluding hydrogens is 359 g/mol. The standard InChI is InChI=1S/C16H11BrF3NO/c17-13-6-4-11(5-7-13)15(22)8-9-21-14-3-1-2-12(10-14)16(18,19)20/h1-10,21H. The number of allylic oxidation sites excluding steroid dienone is 1. The topological polar surface area (TPSA) is 29.1 Å². The Bertz CT molecular complexity index is 693. The molecular formula is C16H11BrF3NO. The Balaban J connectivity index is 2.03. The van der Waals surface area contributed by atoms with Crippen molar-refractivity contribution in [3.63, 3.8) is 0 Å². The number of hydrogen-bond acceptors (Lipinski definition) is 2. The van der Waals surface area contributed by atoms with Gasteiger partial charge in [-0.15, -0.1) is 0 Å². The van der Waals surface area contributed by atoms with Gasteiger partial charge in [-0.3, -0.25) is 4.79 Å². The zero-order valence-corrected chi connectivity index (χ0v) is 12.8. The molecule has 0 aromatic heterocycles. The summed E-state index contributed by atoms with van der Waals surface area (Å²) < 4.78 is 38.6. The van der Waals surface area contributed by atoms with Crippen LogP contribution in [0, 0.1) is 0 Å². The van der Waals surface area contributed by atoms with Gasteiger partial charge in [0.2, 0.25) is 0 Å². The molecule has 114 valence electrons. The molecule has 6 heteroatoms. The molecule has 0 spiro atoms. The van der Waals surface area contributed by atoms with Crippen LogP contribution >= 0.6 is 15.9 Å². The van der Waals surface area contributed by atoms with Crippen molar-refractivity contribution in [2.24, 2.45) is 0 Å². The number of rotatable bonds is 4. The van der Waals surface area contributed by atoms with Gasteiger partial charge < -0.3 is 5.32 Å². The number of ketones is 1. The minimum atomic E-state index is -4.39. The predicted octanol–water partition coefficient (Wildman–Crippen LogP) is 5.28. The second-order valence-corrected chi connectivity index (χ2v) is 5.34. The molecule has 0 saturated carbocycles. The largest absolute Gasteiger partial charge is 0.416 e. The third kappa shape index (κ3) is 4.46. The normalized spacial score (nSPS) is 11.6. The van der Waals surface area contributed by atoms with Crippen LogP contribution in [0.15, 0.2) is 65.3 Å². The van der Waals surface area contributed by atoms with E-state index in [1.165, 1.54) is 24.4 Å². The summed E-state index contributed by atoms with van der Waals surface area (Å²) in [4.78, 5) is 11.9. The molecule has 1 N–H and O–H groups in total. The van der Waals surface area contributed by atoms with E-state index >= 15 is 0 Å². The molecule has 0 fully saturated rings. The zero-order chi connectivity index (χ0) is 16.2. The summed E-state index contributed by atoms with van der Waals surface area (Å²) >= 11 is 3.27. The number of anilines is 1. The summed E-state index contributed by atoms with van der Waals surface area (Å²) in [5, 5.41) is 2.66. The van der Waals surface area contributed by atoms with Gasteiger partial charge in [0, 0.05) is 28.0 Å². The van der Waals surface area contributed by atoms with Crippen molar-refractivity contribution in [2.75, 3.05) is 5.32 Å². The van der Waals surface area contributed by atoms with Crippen LogP contribution in [-0.2, 0) is 6.18 Å². The Hall–Kier alpha value is -2.08. The van der Waals surface area contributed by atoms with E-state index in [4.69, 9.17) is 0 Å². The second-order valence-electron chi connectivity index (χ2n) is 4.43. The molecule has 0 heterocycles. The lowest BCUT2D eigenvalue weighted by atomic mass is 10.1. The molecule has 22 heavy (non-hydrogen) atoms. The Labute approximate surface area is 133 Å². The fourth-order valence-corrected chi connectivity index (χ4v) is 1.97. The molecule has 0 aliphatic rings. The van der Waals surface area contributed by atoms with Crippen molar-refractivity contribution in [2.45, 2.75) is 6.18 Å². The average Bonchev–Trinajstić information content (AvgIpc) is 2.47. The molecule has 0 amide bonds. The van der Waals surface area contributed by atoms with E-state index in [9.17, 15) is 18.0 Å². The van der Waals surface area contributed by atoms with E-state index in [0.29, 0.717) is 5.56 Å². The fraction of sp³-hybridized carbons (Fsp3) is 0.0625. The predicted molar refractivity (Wildman–Crippen MR) is 82.7 cm³/mol. The Morgan fingerprint density at radius 1 is 1.09 bits per heavy atom. The Morgan fingerprint density at radius 2 is 1.77 bits per heavy atom. The maximum atomic E-state index is 12.6. The van der Waals surface area contributed by atoms with Crippen LogP contribution in [-0.4, -0.2) is 5.78 Å². The summed E-state index contributed by atoms with van der Waals surface area (Å²) in [7, 11) is 0. The van der Waals surface area contributed by atoms with Crippen LogP contribution in [0.4, 0.5) is 18.9 Å². The van der Waals surface area contributed by atoms with Gasteiger partial charge in [-0.2, -0.15) is 13.2 Å². The highest BCUT2D eigenvalue weighted by Gasteiger charge is 2.30. The van der Waals surface area contributed by atoms with Crippen LogP contribution < -0.4 is 5.32 Å². The summed E-state index contributed by atoms with van der Waals surface area (Å²) in [6.45, 7) is 0. The lowest BCUT2D eigenvalue weighted by molar-refractivity contribution is -0.137. The highest BCUT2D eigenvalue weighted by Crippen LogP contribution is 2.30. The summed E-state index contributed by atoms with van der Waals surface area (Å²) in [6, 6.07) is 11.5. The van der Waals surface area contributed by atoms with Crippen LogP contribution in [0.1, 0.15) is 15.9 Å². The zero-order valence-electron chi connectivity index (χ0n) is 11.2. The number of carbonyl (C=O) groups excluding carboxylic acids is 1. The molecule has 0 radical (unpaired) electrons. The van der Waals surface area contributed by atoms with Gasteiger partial charge in [0.25, 0.3) is 0 Å². The third-order valence-corrected chi connectivity index (χ3v) is 3.33. The van der Waals surface area contributed by atoms with Crippen molar-refractivity contribution >= 4 is 27.4 Å². The quantitative estimate of drug-likeness (QED) is 0.586. The van der Waals surface area contributed by atoms with Gasteiger partial charge in [0.15, 0.2) is 5.78 Å². The van der Waals surface area contributed by atoms with Gasteiger partial charge in [-0.05, 0) is 42.5 Å². The molecule has 0 bridgehead atoms. The molecule has 0 aliphatic heterocycles. The lowest BCUT2D eigenvalue weighted by Crippen LogP contribution is -2.05. The molecule has 2 aromatic carbocycles. The fourth-order valence-electron chi connectivity index (χ4n) is 1.71. The van der Waals surface area contributed by atoms with Crippen LogP contribution in [0.2, 0.25) is 0 Å². The van der Waals surface area contributed by atoms with E-state index in [-0.39, 0.29) is 11.5 Å². The van der Waals surface area contributed by atoms with Gasteiger partial charge >= 0.3 is 6.18 Å². The number of alkyl halides is 3. The van der Waals surface area contributed by atoms with Gasteiger partial charge in [-0.25, -0.2) is 0 Å². The monoisotopic (exact) mass is 369 g/mol. The first-order valence-corrected chi connectivity index (χ1v) is 7.06. The van der Waals surface area contributed by atoms with Crippen molar-refractivity contribution in [3.8, 4) is 0 Å². The first-order valence-electron chi connectivity index (χ1n) is 6.26. The van der Waals surface area contributed by atoms with Gasteiger partial charge in [0.05, 0.1) is 5.56 Å². The van der Waals surface area contributed by atoms with Crippen molar-refractivity contribution in [1.29, 1.82) is 0 Å². The SMILES string of the molecule is O=C(C=CNc1cccc(C(F)(F)F)c1)c1ccc(Br)cc1. The smallest absolute Gasteiger partial charge is 0.362 e. The summed E-state index contributed by atoms with van der Waals surface area (Å²) in [6.07, 6.45) is -1.81. The van der Waals surface area contributed by atoms with Crippen LogP contribution in [0.3, 0.4) is 0 Å². The number of carbonyl (C=O) groups is 1. The van der Waals surface area contributed by atoms with E-state index in [1.54, 1.807) is 24.3 Å². The van der Waals surface area contributed by atoms with Crippen LogP contribution in [0.5, 0.6) is 0 Å². The minimum Gasteiger partial charge on any atom is -0.362 e. The molecule has 0 unspecified atom stereocenters. The highest BCUT2D eigenvalue weighted by atomic mass is 79.9. The Morgan fingerprint density at radius 3 is 2.41 bits per heavy atom. The van der Waals surface area contributed by atoms with E-state index in [1.807, 2.05) is 0 Å². The number of hydrogen-bond donors (Lipinski definition) is 1. The van der Waals surface area contributed by atoms with Crippen molar-refractivity contribution in [3.05, 3.63) is 76.4 Å². The maximum Gasteiger partial charge on any atom is 0.416 e. The third-order valence-electron chi connectivity index (χ3n) is 2.80. The maximum absolute atomic E-state index is 12.6. The highest BCUT2D eigenvalue weighted by molar-refractivity contribution is 9.10. The average molecular weight is 370 g/mol. The molecule has 0 aliphatic carbocycles. The van der Waals surface area contributed by atoms with E-state index in [2.05, 4.69) is 21.2 Å². The van der Waals surface area contributed by atoms with Crippen molar-refractivity contribution < 1.29 is 18.0 Å². The molecule has 2 rings (SSSR count). The first-order chi connectivity index (χ1) is 10.4. The van der Waals surface area contributed by atoms with E-state index < -0.39 is 11.7 Å². The van der Waals surface area contributed by atoms with Gasteiger partial charge in [0.1, 0.15) is 0 Å². The second kappa shape index (κ2) is 6.79. The number of halogens is 4. The molecule has 2 aromatic rings. The van der Waals surface area contributed by atoms with Crippen LogP contribution in [0.25, 0.3) is 0 Å². The van der Waals surface area contributed by atoms with Gasteiger partial charge in [-0.1, -0.05) is 22.0 Å². The number of benzene rings is 2. The van der Waals surface area contributed by atoms with Crippen molar-refractivity contribution in [1.82, 2.24) is 0 Å². The summed E-state index contributed by atoms with van der Waals surface area (Å²) in [5.74, 6) is -0.244. The lowest BCUT2D eigenvalue weighted by Gasteiger charge is -2.08. The number of nitrogens with one attached hydrogen (secondary N) is 1. The molecule has 2 nitrogen and oxygen atoms in total.